The molecule has 1 aromatic rings. The second-order valence-electron chi connectivity index (χ2n) is 3.97. The molecule has 88 valence electrons. The molecule has 0 fully saturated rings. The minimum absolute atomic E-state index is 0.0189. The van der Waals surface area contributed by atoms with Crippen LogP contribution in [0.2, 0.25) is 0 Å². The van der Waals surface area contributed by atoms with E-state index in [1.807, 2.05) is 37.3 Å². The normalized spacial score (nSPS) is 14.2. The minimum atomic E-state index is -0.503. The molecule has 0 heterocycles. The van der Waals surface area contributed by atoms with E-state index in [1.165, 1.54) is 0 Å². The molecule has 1 unspecified atom stereocenters. The average Bonchev–Trinajstić information content (AvgIpc) is 2.29. The Morgan fingerprint density at radius 1 is 1.38 bits per heavy atom. The molecular weight excluding hydrogens is 202 g/mol. The van der Waals surface area contributed by atoms with E-state index in [4.69, 9.17) is 5.11 Å². The molecule has 0 saturated carbocycles. The summed E-state index contributed by atoms with van der Waals surface area (Å²) in [5.41, 5.74) is 1.02. The van der Waals surface area contributed by atoms with Gasteiger partial charge in [-0.1, -0.05) is 37.3 Å². The quantitative estimate of drug-likeness (QED) is 0.794. The number of hydrogen-bond acceptors (Lipinski definition) is 2. The van der Waals surface area contributed by atoms with Crippen LogP contribution in [0.25, 0.3) is 0 Å². The number of aliphatic hydroxyl groups excluding tert-OH is 1. The highest BCUT2D eigenvalue weighted by atomic mass is 16.3. The van der Waals surface area contributed by atoms with Gasteiger partial charge in [0.15, 0.2) is 0 Å². The van der Waals surface area contributed by atoms with Crippen LogP contribution in [0.5, 0.6) is 0 Å². The summed E-state index contributed by atoms with van der Waals surface area (Å²) >= 11 is 0. The summed E-state index contributed by atoms with van der Waals surface area (Å²) in [5.74, 6) is -0.144. The maximum Gasteiger partial charge on any atom is 0.227 e. The maximum absolute atomic E-state index is 11.9. The highest BCUT2D eigenvalue weighted by Crippen LogP contribution is 2.18. The summed E-state index contributed by atoms with van der Waals surface area (Å²) < 4.78 is 0. The predicted molar refractivity (Wildman–Crippen MR) is 64.2 cm³/mol. The van der Waals surface area contributed by atoms with Crippen molar-refractivity contribution in [3.05, 3.63) is 35.9 Å². The number of rotatable bonds is 5. The van der Waals surface area contributed by atoms with Crippen molar-refractivity contribution < 1.29 is 9.90 Å². The summed E-state index contributed by atoms with van der Waals surface area (Å²) in [5, 5.41) is 11.9. The van der Waals surface area contributed by atoms with Gasteiger partial charge in [-0.05, 0) is 18.9 Å². The summed E-state index contributed by atoms with van der Waals surface area (Å²) in [6.07, 6.45) is 0.257. The molecule has 1 aromatic carbocycles. The van der Waals surface area contributed by atoms with Crippen LogP contribution in [-0.2, 0) is 4.79 Å². The number of carbonyl (C=O) groups is 1. The topological polar surface area (TPSA) is 49.3 Å². The second-order valence-corrected chi connectivity index (χ2v) is 3.97. The zero-order valence-electron chi connectivity index (χ0n) is 9.81. The SMILES string of the molecule is CCC(C(=O)NC[C@@H](C)O)c1ccccc1. The Kier molecular flexibility index (Phi) is 4.99. The average molecular weight is 221 g/mol. The van der Waals surface area contributed by atoms with Crippen LogP contribution < -0.4 is 5.32 Å². The Bertz CT molecular complexity index is 322. The van der Waals surface area contributed by atoms with Gasteiger partial charge in [0.05, 0.1) is 12.0 Å². The van der Waals surface area contributed by atoms with Crippen molar-refractivity contribution >= 4 is 5.91 Å². The van der Waals surface area contributed by atoms with E-state index < -0.39 is 6.10 Å². The number of aliphatic hydroxyl groups is 1. The third-order valence-electron chi connectivity index (χ3n) is 2.50. The van der Waals surface area contributed by atoms with Gasteiger partial charge in [0.1, 0.15) is 0 Å². The first kappa shape index (κ1) is 12.7. The predicted octanol–water partition coefficient (Wildman–Crippen LogP) is 1.68. The van der Waals surface area contributed by atoms with Crippen LogP contribution in [-0.4, -0.2) is 23.7 Å². The molecule has 0 saturated heterocycles. The van der Waals surface area contributed by atoms with Crippen LogP contribution >= 0.6 is 0 Å². The standard InChI is InChI=1S/C13H19NO2/c1-3-12(11-7-5-4-6-8-11)13(16)14-9-10(2)15/h4-8,10,12,15H,3,9H2,1-2H3,(H,14,16)/t10-,12?/m1/s1. The Morgan fingerprint density at radius 2 is 2.00 bits per heavy atom. The van der Waals surface area contributed by atoms with E-state index in [0.29, 0.717) is 6.54 Å². The molecule has 0 aromatic heterocycles. The lowest BCUT2D eigenvalue weighted by atomic mass is 9.96. The number of nitrogens with one attached hydrogen (secondary N) is 1. The molecule has 0 aliphatic carbocycles. The maximum atomic E-state index is 11.9. The van der Waals surface area contributed by atoms with Crippen molar-refractivity contribution in [2.24, 2.45) is 0 Å². The van der Waals surface area contributed by atoms with Crippen LogP contribution in [0.1, 0.15) is 31.7 Å². The van der Waals surface area contributed by atoms with Crippen LogP contribution in [0, 0.1) is 0 Å². The van der Waals surface area contributed by atoms with E-state index >= 15 is 0 Å². The Morgan fingerprint density at radius 3 is 2.50 bits per heavy atom. The summed E-state index contributed by atoms with van der Waals surface area (Å²) in [7, 11) is 0. The zero-order chi connectivity index (χ0) is 12.0. The molecule has 3 nitrogen and oxygen atoms in total. The smallest absolute Gasteiger partial charge is 0.227 e. The number of hydrogen-bond donors (Lipinski definition) is 2. The largest absolute Gasteiger partial charge is 0.392 e. The van der Waals surface area contributed by atoms with Gasteiger partial charge in [0, 0.05) is 6.54 Å². The van der Waals surface area contributed by atoms with Gasteiger partial charge in [-0.3, -0.25) is 4.79 Å². The van der Waals surface area contributed by atoms with Crippen LogP contribution in [0.15, 0.2) is 30.3 Å². The van der Waals surface area contributed by atoms with E-state index in [9.17, 15) is 4.79 Å². The molecule has 1 amide bonds. The third kappa shape index (κ3) is 3.66. The first-order valence-electron chi connectivity index (χ1n) is 5.65. The van der Waals surface area contributed by atoms with Crippen molar-refractivity contribution in [2.45, 2.75) is 32.3 Å². The first-order valence-corrected chi connectivity index (χ1v) is 5.65. The lowest BCUT2D eigenvalue weighted by molar-refractivity contribution is -0.123. The molecule has 2 atom stereocenters. The molecule has 0 spiro atoms. The van der Waals surface area contributed by atoms with Gasteiger partial charge in [-0.25, -0.2) is 0 Å². The first-order chi connectivity index (χ1) is 7.65. The van der Waals surface area contributed by atoms with Crippen molar-refractivity contribution in [2.75, 3.05) is 6.54 Å². The summed E-state index contributed by atoms with van der Waals surface area (Å²) in [4.78, 5) is 11.9. The van der Waals surface area contributed by atoms with Crippen molar-refractivity contribution in [3.8, 4) is 0 Å². The second kappa shape index (κ2) is 6.28. The van der Waals surface area contributed by atoms with Gasteiger partial charge in [-0.15, -0.1) is 0 Å². The fourth-order valence-electron chi connectivity index (χ4n) is 1.63. The molecule has 2 N–H and O–H groups in total. The molecule has 0 bridgehead atoms. The Labute approximate surface area is 96.5 Å². The minimum Gasteiger partial charge on any atom is -0.392 e. The Hall–Kier alpha value is -1.35. The van der Waals surface area contributed by atoms with Gasteiger partial charge in [0.25, 0.3) is 0 Å². The molecular formula is C13H19NO2. The van der Waals surface area contributed by atoms with E-state index in [1.54, 1.807) is 6.92 Å². The molecule has 0 aliphatic heterocycles. The van der Waals surface area contributed by atoms with E-state index in [0.717, 1.165) is 12.0 Å². The monoisotopic (exact) mass is 221 g/mol. The highest BCUT2D eigenvalue weighted by molar-refractivity contribution is 5.83. The van der Waals surface area contributed by atoms with Gasteiger partial charge in [-0.2, -0.15) is 0 Å². The fourth-order valence-corrected chi connectivity index (χ4v) is 1.63. The molecule has 0 radical (unpaired) electrons. The Balaban J connectivity index is 2.64. The summed E-state index contributed by atoms with van der Waals surface area (Å²) in [6, 6.07) is 9.70. The van der Waals surface area contributed by atoms with Crippen molar-refractivity contribution in [3.63, 3.8) is 0 Å². The number of carbonyl (C=O) groups excluding carboxylic acids is 1. The van der Waals surface area contributed by atoms with E-state index in [2.05, 4.69) is 5.32 Å². The lowest BCUT2D eigenvalue weighted by Crippen LogP contribution is -2.34. The van der Waals surface area contributed by atoms with Crippen LogP contribution in [0.3, 0.4) is 0 Å². The molecule has 1 rings (SSSR count). The number of benzene rings is 1. The lowest BCUT2D eigenvalue weighted by Gasteiger charge is -2.16. The highest BCUT2D eigenvalue weighted by Gasteiger charge is 2.17. The summed E-state index contributed by atoms with van der Waals surface area (Å²) in [6.45, 7) is 3.95. The van der Waals surface area contributed by atoms with Crippen molar-refractivity contribution in [1.29, 1.82) is 0 Å². The zero-order valence-corrected chi connectivity index (χ0v) is 9.81. The number of amides is 1. The van der Waals surface area contributed by atoms with Crippen molar-refractivity contribution in [1.82, 2.24) is 5.32 Å². The molecule has 16 heavy (non-hydrogen) atoms. The van der Waals surface area contributed by atoms with Gasteiger partial charge < -0.3 is 10.4 Å². The third-order valence-corrected chi connectivity index (χ3v) is 2.50. The molecule has 0 aliphatic rings. The fraction of sp³-hybridized carbons (Fsp3) is 0.462. The van der Waals surface area contributed by atoms with Gasteiger partial charge >= 0.3 is 0 Å². The molecule has 3 heteroatoms. The van der Waals surface area contributed by atoms with Gasteiger partial charge in [0.2, 0.25) is 5.91 Å². The van der Waals surface area contributed by atoms with E-state index in [-0.39, 0.29) is 11.8 Å². The van der Waals surface area contributed by atoms with Crippen LogP contribution in [0.4, 0.5) is 0 Å².